The summed E-state index contributed by atoms with van der Waals surface area (Å²) in [5, 5.41) is 0. The minimum Gasteiger partial charge on any atom is -0.462 e. The van der Waals surface area contributed by atoms with E-state index in [1.165, 1.54) is 6.20 Å². The van der Waals surface area contributed by atoms with Crippen molar-refractivity contribution in [2.45, 2.75) is 26.8 Å². The minimum atomic E-state index is -0.389. The lowest BCUT2D eigenvalue weighted by Gasteiger charge is -2.37. The molecule has 0 bridgehead atoms. The lowest BCUT2D eigenvalue weighted by Crippen LogP contribution is -2.49. The maximum atomic E-state index is 11.9. The molecule has 0 radical (unpaired) electrons. The zero-order chi connectivity index (χ0) is 15.4. The zero-order valence-electron chi connectivity index (χ0n) is 13.0. The highest BCUT2D eigenvalue weighted by molar-refractivity contribution is 5.95. The van der Waals surface area contributed by atoms with Crippen molar-refractivity contribution < 1.29 is 9.53 Å². The molecule has 2 rings (SSSR count). The van der Waals surface area contributed by atoms with E-state index in [0.717, 1.165) is 32.0 Å². The monoisotopic (exact) mass is 292 g/mol. The van der Waals surface area contributed by atoms with Gasteiger partial charge in [-0.15, -0.1) is 0 Å². The van der Waals surface area contributed by atoms with Gasteiger partial charge in [-0.2, -0.15) is 0 Å². The fourth-order valence-electron chi connectivity index (χ4n) is 2.48. The lowest BCUT2D eigenvalue weighted by atomic mass is 10.2. The topological polar surface area (TPSA) is 71.7 Å². The molecule has 0 spiro atoms. The van der Waals surface area contributed by atoms with Crippen molar-refractivity contribution in [3.63, 3.8) is 0 Å². The number of carbonyl (C=O) groups is 1. The number of nitrogen functional groups attached to an aromatic ring is 1. The van der Waals surface area contributed by atoms with Crippen LogP contribution in [0.25, 0.3) is 0 Å². The molecule has 0 saturated carbocycles. The number of hydrogen-bond acceptors (Lipinski definition) is 6. The van der Waals surface area contributed by atoms with Gasteiger partial charge in [-0.3, -0.25) is 4.90 Å². The molecule has 1 aliphatic heterocycles. The van der Waals surface area contributed by atoms with Crippen LogP contribution in [0.5, 0.6) is 0 Å². The van der Waals surface area contributed by atoms with Crippen molar-refractivity contribution in [2.75, 3.05) is 43.4 Å². The van der Waals surface area contributed by atoms with Gasteiger partial charge in [0, 0.05) is 32.2 Å². The fraction of sp³-hybridized carbons (Fsp3) is 0.600. The second kappa shape index (κ2) is 6.76. The fourth-order valence-corrected chi connectivity index (χ4v) is 2.48. The van der Waals surface area contributed by atoms with Crippen molar-refractivity contribution in [3.8, 4) is 0 Å². The van der Waals surface area contributed by atoms with Crippen molar-refractivity contribution in [2.24, 2.45) is 0 Å². The minimum absolute atomic E-state index is 0.336. The Morgan fingerprint density at radius 2 is 2.05 bits per heavy atom. The van der Waals surface area contributed by atoms with Gasteiger partial charge >= 0.3 is 5.97 Å². The average molecular weight is 292 g/mol. The number of piperazine rings is 1. The predicted octanol–water partition coefficient (Wildman–Crippen LogP) is 1.37. The number of nitrogens with zero attached hydrogens (tertiary/aromatic N) is 3. The molecule has 2 N–H and O–H groups in total. The molecule has 1 aromatic rings. The molecule has 1 saturated heterocycles. The first-order valence-corrected chi connectivity index (χ1v) is 7.44. The predicted molar refractivity (Wildman–Crippen MR) is 83.5 cm³/mol. The summed E-state index contributed by atoms with van der Waals surface area (Å²) in [4.78, 5) is 20.8. The molecular weight excluding hydrogens is 268 g/mol. The Hall–Kier alpha value is -1.82. The van der Waals surface area contributed by atoms with E-state index in [0.29, 0.717) is 23.9 Å². The molecule has 6 heteroatoms. The van der Waals surface area contributed by atoms with Crippen LogP contribution >= 0.6 is 0 Å². The van der Waals surface area contributed by atoms with Crippen LogP contribution in [0.4, 0.5) is 11.5 Å². The third-order valence-corrected chi connectivity index (χ3v) is 3.78. The zero-order valence-corrected chi connectivity index (χ0v) is 13.0. The van der Waals surface area contributed by atoms with Crippen molar-refractivity contribution in [1.29, 1.82) is 0 Å². The van der Waals surface area contributed by atoms with Crippen molar-refractivity contribution in [1.82, 2.24) is 9.88 Å². The highest BCUT2D eigenvalue weighted by atomic mass is 16.5. The second-order valence-corrected chi connectivity index (χ2v) is 5.47. The van der Waals surface area contributed by atoms with Gasteiger partial charge in [0.1, 0.15) is 5.82 Å². The third kappa shape index (κ3) is 3.64. The Bertz CT molecular complexity index is 496. The number of hydrogen-bond donors (Lipinski definition) is 1. The Kier molecular flexibility index (Phi) is 5.01. The molecule has 2 heterocycles. The Labute approximate surface area is 125 Å². The van der Waals surface area contributed by atoms with E-state index in [1.54, 1.807) is 13.0 Å². The van der Waals surface area contributed by atoms with Crippen LogP contribution in [0.2, 0.25) is 0 Å². The highest BCUT2D eigenvalue weighted by Crippen LogP contribution is 2.20. The van der Waals surface area contributed by atoms with Gasteiger partial charge in [-0.1, -0.05) is 0 Å². The third-order valence-electron chi connectivity index (χ3n) is 3.78. The molecule has 0 aromatic carbocycles. The van der Waals surface area contributed by atoms with Gasteiger partial charge in [-0.05, 0) is 26.8 Å². The molecule has 0 aliphatic carbocycles. The van der Waals surface area contributed by atoms with E-state index in [1.807, 2.05) is 0 Å². The lowest BCUT2D eigenvalue weighted by molar-refractivity contribution is 0.0527. The smallest absolute Gasteiger partial charge is 0.340 e. The van der Waals surface area contributed by atoms with Gasteiger partial charge in [0.25, 0.3) is 0 Å². The second-order valence-electron chi connectivity index (χ2n) is 5.47. The van der Waals surface area contributed by atoms with Crippen LogP contribution < -0.4 is 10.6 Å². The van der Waals surface area contributed by atoms with E-state index in [2.05, 4.69) is 28.6 Å². The summed E-state index contributed by atoms with van der Waals surface area (Å²) in [5.41, 5.74) is 6.58. The molecule has 6 nitrogen and oxygen atoms in total. The Morgan fingerprint density at radius 1 is 1.38 bits per heavy atom. The van der Waals surface area contributed by atoms with Crippen molar-refractivity contribution in [3.05, 3.63) is 17.8 Å². The number of carbonyl (C=O) groups excluding carboxylic acids is 1. The molecular formula is C15H24N4O2. The number of ether oxygens (including phenoxy) is 1. The van der Waals surface area contributed by atoms with Gasteiger partial charge < -0.3 is 15.4 Å². The SMILES string of the molecule is CCOC(=O)c1cc(N2CCN(C(C)C)CC2)ncc1N. The van der Waals surface area contributed by atoms with Gasteiger partial charge in [0.2, 0.25) is 0 Å². The number of anilines is 2. The summed E-state index contributed by atoms with van der Waals surface area (Å²) in [6.45, 7) is 10.3. The van der Waals surface area contributed by atoms with Crippen LogP contribution in [0.1, 0.15) is 31.1 Å². The molecule has 1 fully saturated rings. The van der Waals surface area contributed by atoms with Crippen LogP contribution in [0.3, 0.4) is 0 Å². The van der Waals surface area contributed by atoms with E-state index in [9.17, 15) is 4.79 Å². The largest absolute Gasteiger partial charge is 0.462 e. The van der Waals surface area contributed by atoms with Crippen molar-refractivity contribution >= 4 is 17.5 Å². The summed E-state index contributed by atoms with van der Waals surface area (Å²) < 4.78 is 5.03. The van der Waals surface area contributed by atoms with Gasteiger partial charge in [0.15, 0.2) is 0 Å². The van der Waals surface area contributed by atoms with Crippen LogP contribution in [0, 0.1) is 0 Å². The van der Waals surface area contributed by atoms with E-state index in [4.69, 9.17) is 10.5 Å². The van der Waals surface area contributed by atoms with E-state index < -0.39 is 0 Å². The van der Waals surface area contributed by atoms with Gasteiger partial charge in [0.05, 0.1) is 24.1 Å². The molecule has 1 aliphatic rings. The number of pyridine rings is 1. The number of rotatable bonds is 4. The summed E-state index contributed by atoms with van der Waals surface area (Å²) >= 11 is 0. The summed E-state index contributed by atoms with van der Waals surface area (Å²) in [6.07, 6.45) is 1.54. The Morgan fingerprint density at radius 3 is 2.62 bits per heavy atom. The molecule has 0 atom stereocenters. The summed E-state index contributed by atoms with van der Waals surface area (Å²) in [6, 6.07) is 2.29. The van der Waals surface area contributed by atoms with Crippen LogP contribution in [0.15, 0.2) is 12.3 Å². The van der Waals surface area contributed by atoms with Crippen LogP contribution in [-0.2, 0) is 4.74 Å². The summed E-state index contributed by atoms with van der Waals surface area (Å²) in [7, 11) is 0. The number of nitrogens with two attached hydrogens (primary N) is 1. The number of aromatic nitrogens is 1. The first-order valence-electron chi connectivity index (χ1n) is 7.44. The molecule has 21 heavy (non-hydrogen) atoms. The summed E-state index contributed by atoms with van der Waals surface area (Å²) in [5.74, 6) is 0.398. The molecule has 0 unspecified atom stereocenters. The number of esters is 1. The van der Waals surface area contributed by atoms with E-state index >= 15 is 0 Å². The van der Waals surface area contributed by atoms with E-state index in [-0.39, 0.29) is 5.97 Å². The maximum absolute atomic E-state index is 11.9. The first kappa shape index (κ1) is 15.6. The quantitative estimate of drug-likeness (QED) is 0.845. The highest BCUT2D eigenvalue weighted by Gasteiger charge is 2.21. The maximum Gasteiger partial charge on any atom is 0.340 e. The van der Waals surface area contributed by atoms with Gasteiger partial charge in [-0.25, -0.2) is 9.78 Å². The standard InChI is InChI=1S/C15H24N4O2/c1-4-21-15(20)12-9-14(17-10-13(12)16)19-7-5-18(6-8-19)11(2)3/h9-11H,4-8,16H2,1-3H3. The Balaban J connectivity index is 2.11. The molecule has 1 aromatic heterocycles. The normalized spacial score (nSPS) is 16.3. The first-order chi connectivity index (χ1) is 10.0. The average Bonchev–Trinajstić information content (AvgIpc) is 2.48. The molecule has 0 amide bonds. The van der Waals surface area contributed by atoms with Crippen LogP contribution in [-0.4, -0.2) is 54.7 Å². The molecule has 116 valence electrons.